The number of fused-ring (bicyclic) bond motifs is 1. The largest absolute Gasteiger partial charge is 0.416 e. The summed E-state index contributed by atoms with van der Waals surface area (Å²) < 4.78 is 65.7. The van der Waals surface area contributed by atoms with Gasteiger partial charge in [-0.15, -0.1) is 0 Å². The van der Waals surface area contributed by atoms with Crippen LogP contribution in [0.1, 0.15) is 31.4 Å². The van der Waals surface area contributed by atoms with Crippen molar-refractivity contribution >= 4 is 33.2 Å². The molecule has 2 N–H and O–H groups in total. The van der Waals surface area contributed by atoms with E-state index in [1.807, 2.05) is 6.92 Å². The third-order valence-electron chi connectivity index (χ3n) is 5.03. The molecule has 0 spiro atoms. The van der Waals surface area contributed by atoms with Crippen LogP contribution in [0, 0.1) is 0 Å². The van der Waals surface area contributed by atoms with Crippen molar-refractivity contribution < 1.29 is 31.2 Å². The van der Waals surface area contributed by atoms with Gasteiger partial charge in [-0.3, -0.25) is 9.59 Å². The fourth-order valence-electron chi connectivity index (χ4n) is 3.63. The molecule has 172 valence electrons. The number of halogens is 3. The lowest BCUT2D eigenvalue weighted by Gasteiger charge is -2.20. The third-order valence-corrected chi connectivity index (χ3v) is 6.49. The van der Waals surface area contributed by atoms with Crippen LogP contribution in [-0.4, -0.2) is 32.8 Å². The summed E-state index contributed by atoms with van der Waals surface area (Å²) in [4.78, 5) is 25.4. The average Bonchev–Trinajstić information content (AvgIpc) is 3.02. The SMILES string of the molecule is CC(=O)N1c2ccc(S(=O)(=O)NCCC(=O)Nc3cccc(C(F)(F)F)c3)cc2C[C@@H]1C. The quantitative estimate of drug-likeness (QED) is 0.679. The van der Waals surface area contributed by atoms with Crippen LogP contribution in [0.5, 0.6) is 0 Å². The zero-order chi connectivity index (χ0) is 23.7. The Bertz CT molecular complexity index is 1150. The monoisotopic (exact) mass is 469 g/mol. The highest BCUT2D eigenvalue weighted by Gasteiger charge is 2.31. The van der Waals surface area contributed by atoms with E-state index >= 15 is 0 Å². The first-order valence-corrected chi connectivity index (χ1v) is 11.3. The Morgan fingerprint density at radius 3 is 2.53 bits per heavy atom. The highest BCUT2D eigenvalue weighted by Crippen LogP contribution is 2.34. The first kappa shape index (κ1) is 23.7. The van der Waals surface area contributed by atoms with Gasteiger partial charge in [0.25, 0.3) is 0 Å². The minimum atomic E-state index is -4.54. The predicted molar refractivity (Wildman–Crippen MR) is 113 cm³/mol. The number of hydrogen-bond acceptors (Lipinski definition) is 4. The van der Waals surface area contributed by atoms with Crippen LogP contribution in [0.2, 0.25) is 0 Å². The summed E-state index contributed by atoms with van der Waals surface area (Å²) in [5.41, 5.74) is 0.475. The summed E-state index contributed by atoms with van der Waals surface area (Å²) in [5.74, 6) is -0.760. The van der Waals surface area contributed by atoms with E-state index in [0.717, 1.165) is 17.7 Å². The molecular formula is C21H22F3N3O4S. The van der Waals surface area contributed by atoms with Gasteiger partial charge in [0.05, 0.1) is 10.5 Å². The van der Waals surface area contributed by atoms with Crippen molar-refractivity contribution in [3.05, 3.63) is 53.6 Å². The van der Waals surface area contributed by atoms with Crippen molar-refractivity contribution in [2.75, 3.05) is 16.8 Å². The van der Waals surface area contributed by atoms with Crippen molar-refractivity contribution in [2.45, 2.75) is 43.8 Å². The van der Waals surface area contributed by atoms with Crippen LogP contribution in [0.15, 0.2) is 47.4 Å². The second kappa shape index (κ2) is 8.91. The fraction of sp³-hybridized carbons (Fsp3) is 0.333. The van der Waals surface area contributed by atoms with Crippen LogP contribution in [-0.2, 0) is 32.2 Å². The molecule has 0 saturated carbocycles. The molecule has 11 heteroatoms. The number of sulfonamides is 1. The first-order chi connectivity index (χ1) is 14.9. The maximum atomic E-state index is 12.8. The third kappa shape index (κ3) is 5.28. The van der Waals surface area contributed by atoms with Crippen molar-refractivity contribution in [3.63, 3.8) is 0 Å². The van der Waals surface area contributed by atoms with Crippen molar-refractivity contribution in [1.29, 1.82) is 0 Å². The molecule has 0 aliphatic carbocycles. The summed E-state index contributed by atoms with van der Waals surface area (Å²) >= 11 is 0. The minimum Gasteiger partial charge on any atom is -0.326 e. The average molecular weight is 469 g/mol. The van der Waals surface area contributed by atoms with E-state index in [1.54, 1.807) is 11.0 Å². The molecule has 2 aromatic carbocycles. The molecular weight excluding hydrogens is 447 g/mol. The summed E-state index contributed by atoms with van der Waals surface area (Å²) in [6.07, 6.45) is -4.28. The molecule has 1 atom stereocenters. The molecule has 0 aromatic heterocycles. The molecule has 1 aliphatic rings. The van der Waals surface area contributed by atoms with Gasteiger partial charge in [-0.05, 0) is 55.3 Å². The van der Waals surface area contributed by atoms with E-state index in [-0.39, 0.29) is 35.5 Å². The Morgan fingerprint density at radius 2 is 1.88 bits per heavy atom. The Hall–Kier alpha value is -2.92. The van der Waals surface area contributed by atoms with Crippen LogP contribution >= 0.6 is 0 Å². The summed E-state index contributed by atoms with van der Waals surface area (Å²) in [7, 11) is -3.91. The van der Waals surface area contributed by atoms with Gasteiger partial charge in [0, 0.05) is 37.3 Å². The summed E-state index contributed by atoms with van der Waals surface area (Å²) in [6.45, 7) is 3.08. The van der Waals surface area contributed by atoms with Crippen LogP contribution in [0.3, 0.4) is 0 Å². The Kier molecular flexibility index (Phi) is 6.61. The van der Waals surface area contributed by atoms with E-state index in [9.17, 15) is 31.2 Å². The second-order valence-corrected chi connectivity index (χ2v) is 9.27. The topological polar surface area (TPSA) is 95.6 Å². The minimum absolute atomic E-state index is 0.00661. The Balaban J connectivity index is 1.60. The molecule has 1 heterocycles. The van der Waals surface area contributed by atoms with Gasteiger partial charge in [-0.1, -0.05) is 6.07 Å². The molecule has 7 nitrogen and oxygen atoms in total. The molecule has 2 amide bonds. The van der Waals surface area contributed by atoms with E-state index in [0.29, 0.717) is 12.1 Å². The lowest BCUT2D eigenvalue weighted by atomic mass is 10.1. The van der Waals surface area contributed by atoms with Gasteiger partial charge in [0.15, 0.2) is 0 Å². The fourth-order valence-corrected chi connectivity index (χ4v) is 4.72. The van der Waals surface area contributed by atoms with Gasteiger partial charge >= 0.3 is 6.18 Å². The van der Waals surface area contributed by atoms with Crippen LogP contribution in [0.25, 0.3) is 0 Å². The molecule has 0 saturated heterocycles. The number of alkyl halides is 3. The molecule has 3 rings (SSSR count). The van der Waals surface area contributed by atoms with Crippen molar-refractivity contribution in [2.24, 2.45) is 0 Å². The number of amides is 2. The number of nitrogens with zero attached hydrogens (tertiary/aromatic N) is 1. The van der Waals surface area contributed by atoms with Gasteiger partial charge in [-0.25, -0.2) is 13.1 Å². The van der Waals surface area contributed by atoms with Gasteiger partial charge < -0.3 is 10.2 Å². The van der Waals surface area contributed by atoms with E-state index in [2.05, 4.69) is 10.0 Å². The normalized spacial score (nSPS) is 16.0. The summed E-state index contributed by atoms with van der Waals surface area (Å²) in [6, 6.07) is 8.56. The molecule has 1 aliphatic heterocycles. The van der Waals surface area contributed by atoms with Crippen LogP contribution < -0.4 is 14.9 Å². The Morgan fingerprint density at radius 1 is 1.16 bits per heavy atom. The number of nitrogens with one attached hydrogen (secondary N) is 2. The molecule has 0 fully saturated rings. The lowest BCUT2D eigenvalue weighted by molar-refractivity contribution is -0.137. The maximum absolute atomic E-state index is 12.8. The number of anilines is 2. The predicted octanol–water partition coefficient (Wildman–Crippen LogP) is 3.31. The zero-order valence-electron chi connectivity index (χ0n) is 17.4. The van der Waals surface area contributed by atoms with Crippen LogP contribution in [0.4, 0.5) is 24.5 Å². The standard InChI is InChI=1S/C21H22F3N3O4S/c1-13-10-15-11-18(6-7-19(15)27(13)14(2)28)32(30,31)25-9-8-20(29)26-17-5-3-4-16(12-17)21(22,23)24/h3-7,11-13,25H,8-10H2,1-2H3,(H,26,29)/t13-/m0/s1. The van der Waals surface area contributed by atoms with Crippen molar-refractivity contribution in [1.82, 2.24) is 4.72 Å². The molecule has 32 heavy (non-hydrogen) atoms. The zero-order valence-corrected chi connectivity index (χ0v) is 18.2. The maximum Gasteiger partial charge on any atom is 0.416 e. The molecule has 0 bridgehead atoms. The molecule has 0 radical (unpaired) electrons. The van der Waals surface area contributed by atoms with E-state index < -0.39 is 27.7 Å². The lowest BCUT2D eigenvalue weighted by Crippen LogP contribution is -2.33. The Labute approximate surface area is 183 Å². The molecule has 2 aromatic rings. The van der Waals surface area contributed by atoms with E-state index in [1.165, 1.54) is 31.2 Å². The number of benzene rings is 2. The van der Waals surface area contributed by atoms with Gasteiger partial charge in [0.1, 0.15) is 0 Å². The highest BCUT2D eigenvalue weighted by molar-refractivity contribution is 7.89. The summed E-state index contributed by atoms with van der Waals surface area (Å²) in [5, 5.41) is 2.32. The van der Waals surface area contributed by atoms with Gasteiger partial charge in [-0.2, -0.15) is 13.2 Å². The number of hydrogen-bond donors (Lipinski definition) is 2. The molecule has 0 unspecified atom stereocenters. The second-order valence-electron chi connectivity index (χ2n) is 7.51. The van der Waals surface area contributed by atoms with Gasteiger partial charge in [0.2, 0.25) is 21.8 Å². The van der Waals surface area contributed by atoms with E-state index in [4.69, 9.17) is 0 Å². The first-order valence-electron chi connectivity index (χ1n) is 9.78. The smallest absolute Gasteiger partial charge is 0.326 e. The number of carbonyl (C=O) groups is 2. The highest BCUT2D eigenvalue weighted by atomic mass is 32.2. The number of rotatable bonds is 6. The van der Waals surface area contributed by atoms with Crippen molar-refractivity contribution in [3.8, 4) is 0 Å². The number of carbonyl (C=O) groups excluding carboxylic acids is 2.